The number of hydrogen-bond donors (Lipinski definition) is 1. The van der Waals surface area contributed by atoms with Gasteiger partial charge in [-0.3, -0.25) is 0 Å². The summed E-state index contributed by atoms with van der Waals surface area (Å²) in [6.45, 7) is 0. The molecule has 0 saturated carbocycles. The lowest BCUT2D eigenvalue weighted by Gasteiger charge is -2.02. The number of aromatic nitrogens is 1. The fraction of sp³-hybridized carbons (Fsp3) is 0. The second kappa shape index (κ2) is 3.86. The van der Waals surface area contributed by atoms with E-state index in [2.05, 4.69) is 20.9 Å². The quantitative estimate of drug-likeness (QED) is 0.874. The van der Waals surface area contributed by atoms with E-state index in [0.717, 1.165) is 11.3 Å². The van der Waals surface area contributed by atoms with Gasteiger partial charge in [-0.1, -0.05) is 15.9 Å². The maximum Gasteiger partial charge on any atom is 0.180 e. The molecule has 0 radical (unpaired) electrons. The molecule has 0 aliphatic rings. The van der Waals surface area contributed by atoms with Crippen LogP contribution < -0.4 is 5.73 Å². The maximum atomic E-state index is 13.5. The van der Waals surface area contributed by atoms with Gasteiger partial charge in [0.1, 0.15) is 11.6 Å². The third kappa shape index (κ3) is 2.00. The minimum Gasteiger partial charge on any atom is -0.375 e. The van der Waals surface area contributed by atoms with Crippen LogP contribution in [0.2, 0.25) is 0 Å². The molecule has 1 aromatic heterocycles. The van der Waals surface area contributed by atoms with E-state index in [-0.39, 0.29) is 16.4 Å². The first-order valence-electron chi connectivity index (χ1n) is 3.94. The van der Waals surface area contributed by atoms with Crippen molar-refractivity contribution in [3.63, 3.8) is 0 Å². The molecule has 0 aliphatic heterocycles. The second-order valence-corrected chi connectivity index (χ2v) is 4.62. The van der Waals surface area contributed by atoms with Gasteiger partial charge in [-0.05, 0) is 12.1 Å². The van der Waals surface area contributed by atoms with E-state index in [1.165, 1.54) is 17.5 Å². The molecule has 0 atom stereocenters. The molecule has 0 amide bonds. The summed E-state index contributed by atoms with van der Waals surface area (Å²) in [5.41, 5.74) is 5.47. The highest BCUT2D eigenvalue weighted by atomic mass is 79.9. The Morgan fingerprint density at radius 1 is 1.27 bits per heavy atom. The van der Waals surface area contributed by atoms with Crippen LogP contribution in [-0.4, -0.2) is 4.98 Å². The molecular weight excluding hydrogens is 286 g/mol. The van der Waals surface area contributed by atoms with Gasteiger partial charge in [-0.15, -0.1) is 11.3 Å². The van der Waals surface area contributed by atoms with Crippen molar-refractivity contribution in [3.8, 4) is 11.3 Å². The van der Waals surface area contributed by atoms with Gasteiger partial charge in [0.2, 0.25) is 0 Å². The largest absolute Gasteiger partial charge is 0.375 e. The topological polar surface area (TPSA) is 38.9 Å². The monoisotopic (exact) mass is 290 g/mol. The van der Waals surface area contributed by atoms with Crippen LogP contribution >= 0.6 is 27.3 Å². The zero-order chi connectivity index (χ0) is 11.0. The molecule has 15 heavy (non-hydrogen) atoms. The van der Waals surface area contributed by atoms with Crippen molar-refractivity contribution < 1.29 is 8.78 Å². The summed E-state index contributed by atoms with van der Waals surface area (Å²) in [4.78, 5) is 3.83. The number of thiazole rings is 1. The standard InChI is InChI=1S/C9H5BrF2N2S/c10-4-1-5(11)8(6(12)2-4)7-3-15-9(13)14-7/h1-3H,(H2,13,14). The van der Waals surface area contributed by atoms with Gasteiger partial charge in [-0.25, -0.2) is 13.8 Å². The van der Waals surface area contributed by atoms with E-state index >= 15 is 0 Å². The Kier molecular flexibility index (Phi) is 2.70. The lowest BCUT2D eigenvalue weighted by molar-refractivity contribution is 0.587. The molecule has 2 aromatic rings. The minimum atomic E-state index is -0.660. The van der Waals surface area contributed by atoms with E-state index in [9.17, 15) is 8.78 Å². The van der Waals surface area contributed by atoms with Crippen molar-refractivity contribution in [3.05, 3.63) is 33.6 Å². The van der Waals surface area contributed by atoms with E-state index in [0.29, 0.717) is 4.47 Å². The van der Waals surface area contributed by atoms with Crippen molar-refractivity contribution in [2.45, 2.75) is 0 Å². The van der Waals surface area contributed by atoms with Crippen LogP contribution in [-0.2, 0) is 0 Å². The molecular formula is C9H5BrF2N2S. The average Bonchev–Trinajstić information content (AvgIpc) is 2.49. The van der Waals surface area contributed by atoms with Crippen LogP contribution in [0.3, 0.4) is 0 Å². The van der Waals surface area contributed by atoms with Gasteiger partial charge >= 0.3 is 0 Å². The van der Waals surface area contributed by atoms with Crippen molar-refractivity contribution >= 4 is 32.4 Å². The summed E-state index contributed by atoms with van der Waals surface area (Å²) in [5, 5.41) is 1.80. The van der Waals surface area contributed by atoms with Gasteiger partial charge in [-0.2, -0.15) is 0 Å². The molecule has 0 spiro atoms. The predicted molar refractivity (Wildman–Crippen MR) is 59.6 cm³/mol. The highest BCUT2D eigenvalue weighted by Gasteiger charge is 2.15. The predicted octanol–water partition coefficient (Wildman–Crippen LogP) is 3.43. The summed E-state index contributed by atoms with van der Waals surface area (Å²) in [6, 6.07) is 2.38. The van der Waals surface area contributed by atoms with E-state index in [1.54, 1.807) is 0 Å². The average molecular weight is 291 g/mol. The van der Waals surface area contributed by atoms with Crippen molar-refractivity contribution in [2.24, 2.45) is 0 Å². The molecule has 1 heterocycles. The Labute approximate surface area is 96.9 Å². The Morgan fingerprint density at radius 3 is 2.33 bits per heavy atom. The van der Waals surface area contributed by atoms with Crippen molar-refractivity contribution in [2.75, 3.05) is 5.73 Å². The smallest absolute Gasteiger partial charge is 0.180 e. The lowest BCUT2D eigenvalue weighted by atomic mass is 10.1. The summed E-state index contributed by atoms with van der Waals surface area (Å²) >= 11 is 4.14. The molecule has 2 N–H and O–H groups in total. The summed E-state index contributed by atoms with van der Waals surface area (Å²) in [5.74, 6) is -1.32. The molecule has 0 unspecified atom stereocenters. The van der Waals surface area contributed by atoms with Crippen molar-refractivity contribution in [1.82, 2.24) is 4.98 Å². The molecule has 0 fully saturated rings. The first-order chi connectivity index (χ1) is 7.08. The molecule has 1 aromatic carbocycles. The summed E-state index contributed by atoms with van der Waals surface area (Å²) < 4.78 is 27.3. The number of anilines is 1. The number of halogens is 3. The third-order valence-corrected chi connectivity index (χ3v) is 2.92. The zero-order valence-electron chi connectivity index (χ0n) is 7.30. The fourth-order valence-electron chi connectivity index (χ4n) is 1.19. The van der Waals surface area contributed by atoms with E-state index in [1.807, 2.05) is 0 Å². The molecule has 0 bridgehead atoms. The van der Waals surface area contributed by atoms with E-state index < -0.39 is 11.6 Å². The van der Waals surface area contributed by atoms with Crippen LogP contribution in [0.25, 0.3) is 11.3 Å². The van der Waals surface area contributed by atoms with Gasteiger partial charge in [0.25, 0.3) is 0 Å². The van der Waals surface area contributed by atoms with Crippen LogP contribution in [0.4, 0.5) is 13.9 Å². The van der Waals surface area contributed by atoms with Gasteiger partial charge < -0.3 is 5.73 Å². The van der Waals surface area contributed by atoms with Crippen LogP contribution in [0, 0.1) is 11.6 Å². The third-order valence-electron chi connectivity index (χ3n) is 1.78. The first-order valence-corrected chi connectivity index (χ1v) is 5.61. The van der Waals surface area contributed by atoms with Crippen LogP contribution in [0.1, 0.15) is 0 Å². The summed E-state index contributed by atoms with van der Waals surface area (Å²) in [7, 11) is 0. The number of nitrogens with zero attached hydrogens (tertiary/aromatic N) is 1. The second-order valence-electron chi connectivity index (χ2n) is 2.82. The molecule has 6 heteroatoms. The lowest BCUT2D eigenvalue weighted by Crippen LogP contribution is -1.91. The normalized spacial score (nSPS) is 10.6. The Balaban J connectivity index is 2.62. The van der Waals surface area contributed by atoms with Crippen molar-refractivity contribution in [1.29, 1.82) is 0 Å². The zero-order valence-corrected chi connectivity index (χ0v) is 9.70. The number of benzene rings is 1. The molecule has 2 rings (SSSR count). The number of hydrogen-bond acceptors (Lipinski definition) is 3. The fourth-order valence-corrected chi connectivity index (χ4v) is 2.15. The molecule has 0 saturated heterocycles. The highest BCUT2D eigenvalue weighted by Crippen LogP contribution is 2.30. The van der Waals surface area contributed by atoms with Crippen LogP contribution in [0.15, 0.2) is 22.0 Å². The van der Waals surface area contributed by atoms with Gasteiger partial charge in [0.05, 0.1) is 11.3 Å². The van der Waals surface area contributed by atoms with E-state index in [4.69, 9.17) is 5.73 Å². The van der Waals surface area contributed by atoms with Crippen LogP contribution in [0.5, 0.6) is 0 Å². The van der Waals surface area contributed by atoms with Gasteiger partial charge in [0, 0.05) is 9.85 Å². The number of nitrogens with two attached hydrogens (primary N) is 1. The Bertz CT molecular complexity index is 490. The summed E-state index contributed by atoms with van der Waals surface area (Å²) in [6.07, 6.45) is 0. The number of nitrogen functional groups attached to an aromatic ring is 1. The molecule has 78 valence electrons. The van der Waals surface area contributed by atoms with Gasteiger partial charge in [0.15, 0.2) is 5.13 Å². The minimum absolute atomic E-state index is 0.147. The highest BCUT2D eigenvalue weighted by molar-refractivity contribution is 9.10. The Morgan fingerprint density at radius 2 is 1.87 bits per heavy atom. The molecule has 2 nitrogen and oxygen atoms in total. The maximum absolute atomic E-state index is 13.5. The SMILES string of the molecule is Nc1nc(-c2c(F)cc(Br)cc2F)cs1. The molecule has 0 aliphatic carbocycles. The number of rotatable bonds is 1. The Hall–Kier alpha value is -1.01. The first kappa shape index (κ1) is 10.5.